The first-order chi connectivity index (χ1) is 15.4. The SMILES string of the molecule is COc1ccc(F)cc1/C(O)=C1\C(=O)C(=O)N(Cc2ccc(F)cc2)C1c1cccnc1. The van der Waals surface area contributed by atoms with Gasteiger partial charge in [0, 0.05) is 18.9 Å². The number of hydrogen-bond donors (Lipinski definition) is 1. The molecule has 6 nitrogen and oxygen atoms in total. The van der Waals surface area contributed by atoms with Gasteiger partial charge in [0.05, 0.1) is 24.3 Å². The molecule has 32 heavy (non-hydrogen) atoms. The summed E-state index contributed by atoms with van der Waals surface area (Å²) in [5.41, 5.74) is 0.798. The van der Waals surface area contributed by atoms with Crippen molar-refractivity contribution in [2.75, 3.05) is 7.11 Å². The molecule has 2 aromatic carbocycles. The van der Waals surface area contributed by atoms with Crippen molar-refractivity contribution in [1.82, 2.24) is 9.88 Å². The molecule has 1 aliphatic rings. The molecule has 3 aromatic rings. The number of likely N-dealkylation sites (tertiary alicyclic amines) is 1. The predicted octanol–water partition coefficient (Wildman–Crippen LogP) is 3.99. The average molecular weight is 436 g/mol. The molecule has 1 unspecified atom stereocenters. The number of aliphatic hydroxyl groups excluding tert-OH is 1. The van der Waals surface area contributed by atoms with Gasteiger partial charge in [0.2, 0.25) is 0 Å². The highest BCUT2D eigenvalue weighted by atomic mass is 19.1. The third-order valence-electron chi connectivity index (χ3n) is 5.22. The van der Waals surface area contributed by atoms with Crippen molar-refractivity contribution < 1.29 is 28.2 Å². The Hall–Kier alpha value is -4.07. The molecule has 1 aromatic heterocycles. The maximum absolute atomic E-state index is 13.9. The van der Waals surface area contributed by atoms with Crippen molar-refractivity contribution in [1.29, 1.82) is 0 Å². The van der Waals surface area contributed by atoms with Gasteiger partial charge in [-0.3, -0.25) is 14.6 Å². The van der Waals surface area contributed by atoms with E-state index in [1.54, 1.807) is 12.1 Å². The Balaban J connectivity index is 1.88. The van der Waals surface area contributed by atoms with Gasteiger partial charge in [-0.25, -0.2) is 8.78 Å². The summed E-state index contributed by atoms with van der Waals surface area (Å²) >= 11 is 0. The van der Waals surface area contributed by atoms with Crippen molar-refractivity contribution in [3.8, 4) is 5.75 Å². The average Bonchev–Trinajstić information content (AvgIpc) is 3.05. The zero-order valence-corrected chi connectivity index (χ0v) is 17.0. The van der Waals surface area contributed by atoms with E-state index in [2.05, 4.69) is 4.98 Å². The number of ether oxygens (including phenoxy) is 1. The molecule has 4 rings (SSSR count). The number of halogens is 2. The standard InChI is InChI=1S/C24H18F2N2O4/c1-32-19-9-8-17(26)11-18(19)22(29)20-21(15-3-2-10-27-12-15)28(24(31)23(20)30)13-14-4-6-16(25)7-5-14/h2-12,21,29H,13H2,1H3/b22-20+. The summed E-state index contributed by atoms with van der Waals surface area (Å²) in [5, 5.41) is 11.1. The van der Waals surface area contributed by atoms with Crippen LogP contribution < -0.4 is 4.74 Å². The number of Topliss-reactive ketones (excluding diaryl/α,β-unsaturated/α-hetero) is 1. The van der Waals surface area contributed by atoms with Crippen LogP contribution in [0.25, 0.3) is 5.76 Å². The second-order valence-electron chi connectivity index (χ2n) is 7.18. The molecule has 0 saturated carbocycles. The Morgan fingerprint density at radius 3 is 2.47 bits per heavy atom. The fourth-order valence-corrected chi connectivity index (χ4v) is 3.72. The van der Waals surface area contributed by atoms with Gasteiger partial charge in [-0.2, -0.15) is 0 Å². The summed E-state index contributed by atoms with van der Waals surface area (Å²) < 4.78 is 32.4. The molecule has 1 N–H and O–H groups in total. The number of methoxy groups -OCH3 is 1. The summed E-state index contributed by atoms with van der Waals surface area (Å²) in [6.07, 6.45) is 3.01. The smallest absolute Gasteiger partial charge is 0.295 e. The van der Waals surface area contributed by atoms with Gasteiger partial charge < -0.3 is 14.7 Å². The van der Waals surface area contributed by atoms with E-state index in [1.165, 1.54) is 54.7 Å². The molecule has 0 aliphatic carbocycles. The van der Waals surface area contributed by atoms with Crippen molar-refractivity contribution in [2.24, 2.45) is 0 Å². The van der Waals surface area contributed by atoms with E-state index in [-0.39, 0.29) is 23.4 Å². The maximum Gasteiger partial charge on any atom is 0.295 e. The predicted molar refractivity (Wildman–Crippen MR) is 111 cm³/mol. The molecule has 0 bridgehead atoms. The van der Waals surface area contributed by atoms with Crippen LogP contribution in [0.2, 0.25) is 0 Å². The summed E-state index contributed by atoms with van der Waals surface area (Å²) in [6.45, 7) is -0.0124. The lowest BCUT2D eigenvalue weighted by Crippen LogP contribution is -2.29. The van der Waals surface area contributed by atoms with Gasteiger partial charge in [0.1, 0.15) is 23.1 Å². The van der Waals surface area contributed by atoms with Gasteiger partial charge in [-0.1, -0.05) is 18.2 Å². The second-order valence-corrected chi connectivity index (χ2v) is 7.18. The van der Waals surface area contributed by atoms with E-state index in [9.17, 15) is 23.5 Å². The molecule has 0 radical (unpaired) electrons. The third kappa shape index (κ3) is 3.82. The van der Waals surface area contributed by atoms with Crippen molar-refractivity contribution in [3.63, 3.8) is 0 Å². The summed E-state index contributed by atoms with van der Waals surface area (Å²) in [6, 6.07) is 11.3. The quantitative estimate of drug-likeness (QED) is 0.372. The molecular formula is C24H18F2N2O4. The molecule has 1 saturated heterocycles. The van der Waals surface area contributed by atoms with Gasteiger partial charge in [-0.05, 0) is 47.5 Å². The van der Waals surface area contributed by atoms with Crippen LogP contribution in [0.1, 0.15) is 22.7 Å². The minimum absolute atomic E-state index is 0.0124. The van der Waals surface area contributed by atoms with Crippen LogP contribution in [-0.4, -0.2) is 33.8 Å². The van der Waals surface area contributed by atoms with Crippen molar-refractivity contribution >= 4 is 17.4 Å². The number of nitrogens with zero attached hydrogens (tertiary/aromatic N) is 2. The van der Waals surface area contributed by atoms with E-state index in [0.29, 0.717) is 11.1 Å². The highest BCUT2D eigenvalue weighted by molar-refractivity contribution is 6.46. The van der Waals surface area contributed by atoms with E-state index >= 15 is 0 Å². The Kier molecular flexibility index (Phi) is 5.68. The third-order valence-corrected chi connectivity index (χ3v) is 5.22. The number of carbonyl (C=O) groups excluding carboxylic acids is 2. The Morgan fingerprint density at radius 2 is 1.81 bits per heavy atom. The summed E-state index contributed by atoms with van der Waals surface area (Å²) in [4.78, 5) is 31.3. The fourth-order valence-electron chi connectivity index (χ4n) is 3.72. The second kappa shape index (κ2) is 8.58. The van der Waals surface area contributed by atoms with Crippen LogP contribution in [0.4, 0.5) is 8.78 Å². The number of ketones is 1. The topological polar surface area (TPSA) is 79.7 Å². The number of aromatic nitrogens is 1. The van der Waals surface area contributed by atoms with Crippen LogP contribution in [0.5, 0.6) is 5.75 Å². The van der Waals surface area contributed by atoms with E-state index in [4.69, 9.17) is 4.74 Å². The zero-order chi connectivity index (χ0) is 22.8. The number of amides is 1. The van der Waals surface area contributed by atoms with Crippen LogP contribution in [0.15, 0.2) is 72.6 Å². The molecule has 1 amide bonds. The van der Waals surface area contributed by atoms with E-state index in [1.807, 2.05) is 0 Å². The summed E-state index contributed by atoms with van der Waals surface area (Å²) in [5.74, 6) is -3.28. The summed E-state index contributed by atoms with van der Waals surface area (Å²) in [7, 11) is 1.34. The molecule has 1 aliphatic heterocycles. The van der Waals surface area contributed by atoms with Crippen molar-refractivity contribution in [2.45, 2.75) is 12.6 Å². The molecule has 8 heteroatoms. The number of carbonyl (C=O) groups is 2. The van der Waals surface area contributed by atoms with Crippen LogP contribution in [0.3, 0.4) is 0 Å². The Labute approximate surface area is 182 Å². The number of benzene rings is 2. The van der Waals surface area contributed by atoms with Gasteiger partial charge in [0.25, 0.3) is 11.7 Å². The monoisotopic (exact) mass is 436 g/mol. The normalized spacial score (nSPS) is 17.6. The first-order valence-electron chi connectivity index (χ1n) is 9.67. The molecule has 2 heterocycles. The number of pyridine rings is 1. The highest BCUT2D eigenvalue weighted by Crippen LogP contribution is 2.41. The Morgan fingerprint density at radius 1 is 1.09 bits per heavy atom. The minimum Gasteiger partial charge on any atom is -0.507 e. The number of aliphatic hydroxyl groups is 1. The largest absolute Gasteiger partial charge is 0.507 e. The lowest BCUT2D eigenvalue weighted by Gasteiger charge is -2.25. The van der Waals surface area contributed by atoms with Crippen LogP contribution >= 0.6 is 0 Å². The Bertz CT molecular complexity index is 1210. The lowest BCUT2D eigenvalue weighted by molar-refractivity contribution is -0.140. The van der Waals surface area contributed by atoms with Gasteiger partial charge in [0.15, 0.2) is 0 Å². The van der Waals surface area contributed by atoms with E-state index in [0.717, 1.165) is 12.1 Å². The number of hydrogen-bond acceptors (Lipinski definition) is 5. The van der Waals surface area contributed by atoms with Crippen LogP contribution in [-0.2, 0) is 16.1 Å². The molecule has 1 fully saturated rings. The van der Waals surface area contributed by atoms with Gasteiger partial charge in [-0.15, -0.1) is 0 Å². The highest BCUT2D eigenvalue weighted by Gasteiger charge is 2.46. The fraction of sp³-hybridized carbons (Fsp3) is 0.125. The van der Waals surface area contributed by atoms with Gasteiger partial charge >= 0.3 is 0 Å². The molecular weight excluding hydrogens is 418 g/mol. The van der Waals surface area contributed by atoms with Crippen molar-refractivity contribution in [3.05, 3.63) is 101 Å². The molecule has 162 valence electrons. The first-order valence-corrected chi connectivity index (χ1v) is 9.67. The van der Waals surface area contributed by atoms with E-state index < -0.39 is 35.1 Å². The number of rotatable bonds is 5. The minimum atomic E-state index is -0.985. The first kappa shape index (κ1) is 21.2. The molecule has 0 spiro atoms. The van der Waals surface area contributed by atoms with Crippen LogP contribution in [0, 0.1) is 11.6 Å². The lowest BCUT2D eigenvalue weighted by atomic mass is 9.95. The zero-order valence-electron chi connectivity index (χ0n) is 17.0. The maximum atomic E-state index is 13.9. The molecule has 1 atom stereocenters.